The summed E-state index contributed by atoms with van der Waals surface area (Å²) in [6, 6.07) is 78.6. The van der Waals surface area contributed by atoms with Crippen molar-refractivity contribution in [1.82, 2.24) is 0 Å². The smallest absolute Gasteiger partial charge is 0.0556 e. The Hall–Kier alpha value is -8.98. The molecule has 368 valence electrons. The first-order chi connectivity index (χ1) is 37.7. The zero-order valence-electron chi connectivity index (χ0n) is 43.1. The first-order valence-electron chi connectivity index (χ1n) is 27.2. The molecular weight excluding hydrogens is 917 g/mol. The summed E-state index contributed by atoms with van der Waals surface area (Å²) in [5.74, 6) is 0. The lowest BCUT2D eigenvalue weighted by Crippen LogP contribution is -2.34. The molecule has 0 saturated carbocycles. The molecule has 8 aromatic carbocycles. The van der Waals surface area contributed by atoms with Crippen molar-refractivity contribution in [1.29, 1.82) is 0 Å². The van der Waals surface area contributed by atoms with Crippen molar-refractivity contribution in [3.63, 3.8) is 0 Å². The third-order valence-electron chi connectivity index (χ3n) is 15.3. The van der Waals surface area contributed by atoms with Gasteiger partial charge in [-0.3, -0.25) is 0 Å². The topological polar surface area (TPSA) is 6.48 Å². The van der Waals surface area contributed by atoms with Crippen LogP contribution in [0.1, 0.15) is 72.8 Å². The molecule has 0 spiro atoms. The van der Waals surface area contributed by atoms with Crippen LogP contribution < -0.4 is 9.80 Å². The number of benzene rings is 8. The Bertz CT molecular complexity index is 3540. The predicted molar refractivity (Wildman–Crippen MR) is 325 cm³/mol. The van der Waals surface area contributed by atoms with Gasteiger partial charge in [0.2, 0.25) is 0 Å². The number of nitrogens with zero attached hydrogens (tertiary/aromatic N) is 2. The van der Waals surface area contributed by atoms with Crippen molar-refractivity contribution in [3.8, 4) is 22.3 Å². The van der Waals surface area contributed by atoms with Gasteiger partial charge in [0.25, 0.3) is 0 Å². The molecule has 8 aromatic rings. The normalized spacial score (nSPS) is 16.2. The number of rotatable bonds is 14. The molecule has 76 heavy (non-hydrogen) atoms. The van der Waals surface area contributed by atoms with E-state index in [0.717, 1.165) is 62.0 Å². The molecule has 0 fully saturated rings. The Kier molecular flexibility index (Phi) is 14.3. The average Bonchev–Trinajstić information content (AvgIpc) is 3.52. The summed E-state index contributed by atoms with van der Waals surface area (Å²) < 4.78 is 0. The fourth-order valence-corrected chi connectivity index (χ4v) is 11.3. The van der Waals surface area contributed by atoms with Crippen molar-refractivity contribution in [2.75, 3.05) is 9.80 Å². The molecule has 1 unspecified atom stereocenters. The first-order valence-corrected chi connectivity index (χ1v) is 27.2. The minimum absolute atomic E-state index is 0.253. The fourth-order valence-electron chi connectivity index (χ4n) is 11.3. The van der Waals surface area contributed by atoms with E-state index >= 15 is 0 Å². The third kappa shape index (κ3) is 10.5. The summed E-state index contributed by atoms with van der Waals surface area (Å²) in [4.78, 5) is 4.91. The highest BCUT2D eigenvalue weighted by Gasteiger charge is 2.25. The van der Waals surface area contributed by atoms with Gasteiger partial charge in [-0.1, -0.05) is 231 Å². The predicted octanol–water partition coefficient (Wildman–Crippen LogP) is 19.9. The molecule has 0 N–H and O–H groups in total. The summed E-state index contributed by atoms with van der Waals surface area (Å²) in [6.45, 7) is 0. The number of allylic oxidation sites excluding steroid dienone is 15. The maximum atomic E-state index is 2.56. The van der Waals surface area contributed by atoms with E-state index in [4.69, 9.17) is 0 Å². The van der Waals surface area contributed by atoms with E-state index in [9.17, 15) is 0 Å². The molecule has 0 amide bonds. The Morgan fingerprint density at radius 3 is 1.46 bits per heavy atom. The number of anilines is 4. The van der Waals surface area contributed by atoms with Crippen LogP contribution in [-0.2, 0) is 0 Å². The summed E-state index contributed by atoms with van der Waals surface area (Å²) >= 11 is 0. The highest BCUT2D eigenvalue weighted by Crippen LogP contribution is 2.44. The number of hydrogen-bond donors (Lipinski definition) is 0. The standard InChI is InChI=1S/C74H62N2/c1-7-19-55(20-8-1)57-31-35-59(36-32-57)61-39-43-63(44-40-61)73(64-45-41-62(42-46-64)60-37-33-58(34-38-60)56-21-9-2-10-22-56)74(65-47-51-71(52-48-65)75(67-23-11-3-12-24-67)68-25-13-4-14-26-68)66-49-53-72(54-50-66)76(69-27-15-5-16-28-69)70-29-17-6-18-30-70/h1,3-9,11-17,19-27,29,31-39,41-43,45-54,69H,2,10,18,28,30,40,44H2. The van der Waals surface area contributed by atoms with Gasteiger partial charge < -0.3 is 9.80 Å². The van der Waals surface area contributed by atoms with Gasteiger partial charge >= 0.3 is 0 Å². The van der Waals surface area contributed by atoms with Gasteiger partial charge in [-0.05, 0) is 177 Å². The molecule has 12 rings (SSSR count). The Morgan fingerprint density at radius 2 is 0.908 bits per heavy atom. The Labute approximate surface area is 450 Å². The minimum Gasteiger partial charge on any atom is -0.338 e. The third-order valence-corrected chi connectivity index (χ3v) is 15.3. The molecule has 2 heteroatoms. The highest BCUT2D eigenvalue weighted by molar-refractivity contribution is 6.05. The molecule has 0 saturated heterocycles. The van der Waals surface area contributed by atoms with Crippen molar-refractivity contribution in [2.24, 2.45) is 0 Å². The zero-order valence-corrected chi connectivity index (χ0v) is 43.1. The largest absolute Gasteiger partial charge is 0.338 e. The van der Waals surface area contributed by atoms with Crippen LogP contribution in [0.2, 0.25) is 0 Å². The Balaban J connectivity index is 1.00. The molecule has 0 bridgehead atoms. The van der Waals surface area contributed by atoms with Crippen molar-refractivity contribution >= 4 is 45.0 Å². The summed E-state index contributed by atoms with van der Waals surface area (Å²) in [7, 11) is 0. The fraction of sp³-hybridized carbons (Fsp3) is 0.108. The molecule has 2 nitrogen and oxygen atoms in total. The second-order valence-corrected chi connectivity index (χ2v) is 20.1. The van der Waals surface area contributed by atoms with E-state index in [1.807, 2.05) is 0 Å². The van der Waals surface area contributed by atoms with Gasteiger partial charge in [-0.2, -0.15) is 0 Å². The molecule has 0 radical (unpaired) electrons. The summed E-state index contributed by atoms with van der Waals surface area (Å²) in [6.07, 6.45) is 34.6. The molecule has 0 aromatic heterocycles. The molecule has 1 atom stereocenters. The van der Waals surface area contributed by atoms with Crippen molar-refractivity contribution in [2.45, 2.75) is 51.0 Å². The van der Waals surface area contributed by atoms with Crippen molar-refractivity contribution < 1.29 is 0 Å². The van der Waals surface area contributed by atoms with Crippen LogP contribution in [0.3, 0.4) is 0 Å². The second-order valence-electron chi connectivity index (χ2n) is 20.1. The van der Waals surface area contributed by atoms with E-state index in [1.54, 1.807) is 0 Å². The van der Waals surface area contributed by atoms with E-state index in [-0.39, 0.29) is 6.04 Å². The average molecular weight is 979 g/mol. The van der Waals surface area contributed by atoms with Crippen molar-refractivity contribution in [3.05, 3.63) is 324 Å². The maximum Gasteiger partial charge on any atom is 0.0556 e. The van der Waals surface area contributed by atoms with Crippen LogP contribution >= 0.6 is 0 Å². The van der Waals surface area contributed by atoms with Crippen LogP contribution in [0.15, 0.2) is 297 Å². The van der Waals surface area contributed by atoms with Gasteiger partial charge in [0.1, 0.15) is 0 Å². The number of hydrogen-bond acceptors (Lipinski definition) is 2. The quantitative estimate of drug-likeness (QED) is 0.100. The van der Waals surface area contributed by atoms with Gasteiger partial charge in [-0.15, -0.1) is 0 Å². The van der Waals surface area contributed by atoms with Gasteiger partial charge in [0.15, 0.2) is 0 Å². The lowest BCUT2D eigenvalue weighted by molar-refractivity contribution is 0.720. The lowest BCUT2D eigenvalue weighted by Gasteiger charge is -2.35. The van der Waals surface area contributed by atoms with Crippen LogP contribution in [0, 0.1) is 0 Å². The van der Waals surface area contributed by atoms with E-state index in [0.29, 0.717) is 0 Å². The molecular formula is C74H62N2. The van der Waals surface area contributed by atoms with Gasteiger partial charge in [0, 0.05) is 28.4 Å². The molecule has 0 heterocycles. The highest BCUT2D eigenvalue weighted by atomic mass is 15.2. The molecule has 4 aliphatic carbocycles. The minimum atomic E-state index is 0.253. The van der Waals surface area contributed by atoms with Crippen LogP contribution in [-0.4, -0.2) is 6.04 Å². The second kappa shape index (κ2) is 22.6. The first kappa shape index (κ1) is 48.0. The SMILES string of the molecule is C1=CCCC(N(c2ccc(C(=C(C3=CC=C(c4ccc(-c5ccccc5)cc4)CC3)c3ccc(-c4ccc(C5=CCCC=C5)cc4)cc3)c3ccc(N(c4ccccc4)c4ccccc4)cc3)cc2)C2C=CC=CC2)=C1. The van der Waals surface area contributed by atoms with E-state index < -0.39 is 0 Å². The summed E-state index contributed by atoms with van der Waals surface area (Å²) in [5, 5.41) is 0. The zero-order chi connectivity index (χ0) is 50.9. The molecule has 4 aliphatic rings. The molecule has 0 aliphatic heterocycles. The lowest BCUT2D eigenvalue weighted by atomic mass is 9.81. The Morgan fingerprint density at radius 1 is 0.368 bits per heavy atom. The number of para-hydroxylation sites is 2. The van der Waals surface area contributed by atoms with Gasteiger partial charge in [-0.25, -0.2) is 0 Å². The van der Waals surface area contributed by atoms with E-state index in [2.05, 4.69) is 295 Å². The van der Waals surface area contributed by atoms with Crippen LogP contribution in [0.5, 0.6) is 0 Å². The summed E-state index contributed by atoms with van der Waals surface area (Å²) in [5.41, 5.74) is 23.4. The van der Waals surface area contributed by atoms with Gasteiger partial charge in [0.05, 0.1) is 6.04 Å². The maximum absolute atomic E-state index is 2.56. The van der Waals surface area contributed by atoms with Crippen LogP contribution in [0.4, 0.5) is 22.7 Å². The van der Waals surface area contributed by atoms with Crippen LogP contribution in [0.25, 0.3) is 44.5 Å². The monoisotopic (exact) mass is 978 g/mol. The van der Waals surface area contributed by atoms with E-state index in [1.165, 1.54) is 89.3 Å².